The molecular formula is C28H57O. The van der Waals surface area contributed by atoms with Crippen LogP contribution in [0, 0.1) is 5.92 Å². The zero-order chi connectivity index (χ0) is 21.6. The van der Waals surface area contributed by atoms with Crippen LogP contribution in [0.4, 0.5) is 0 Å². The molecule has 1 nitrogen and oxygen atoms in total. The van der Waals surface area contributed by atoms with Crippen LogP contribution in [0.15, 0.2) is 0 Å². The standard InChI is InChI=1S/C28H57O/c1-5-9-12-15-18-21-24-27(8-4)28(29,25-22-19-16-13-10-6-2)26-23-20-17-14-11-7-3/h27H,5-26H2,1-4H3. The fourth-order valence-corrected chi connectivity index (χ4v) is 4.95. The van der Waals surface area contributed by atoms with Gasteiger partial charge in [0.15, 0.2) is 0 Å². The lowest BCUT2D eigenvalue weighted by atomic mass is 9.75. The average molecular weight is 410 g/mol. The van der Waals surface area contributed by atoms with Crippen LogP contribution in [-0.2, 0) is 5.11 Å². The number of hydrogen-bond donors (Lipinski definition) is 0. The van der Waals surface area contributed by atoms with Crippen molar-refractivity contribution >= 4 is 0 Å². The lowest BCUT2D eigenvalue weighted by molar-refractivity contribution is -0.0980. The lowest BCUT2D eigenvalue weighted by Crippen LogP contribution is -2.36. The molecule has 0 bridgehead atoms. The second kappa shape index (κ2) is 21.2. The predicted octanol–water partition coefficient (Wildman–Crippen LogP) is 10.4. The van der Waals surface area contributed by atoms with Gasteiger partial charge in [-0.05, 0) is 25.2 Å². The van der Waals surface area contributed by atoms with Gasteiger partial charge in [0.2, 0.25) is 0 Å². The highest BCUT2D eigenvalue weighted by Gasteiger charge is 2.36. The van der Waals surface area contributed by atoms with Crippen molar-refractivity contribution in [1.29, 1.82) is 0 Å². The Kier molecular flexibility index (Phi) is 21.2. The number of rotatable bonds is 23. The molecule has 0 aliphatic carbocycles. The van der Waals surface area contributed by atoms with E-state index in [1.807, 2.05) is 0 Å². The molecule has 29 heavy (non-hydrogen) atoms. The van der Waals surface area contributed by atoms with Crippen molar-refractivity contribution < 1.29 is 5.11 Å². The molecule has 0 heterocycles. The maximum atomic E-state index is 14.0. The first-order chi connectivity index (χ1) is 14.1. The van der Waals surface area contributed by atoms with Crippen molar-refractivity contribution in [3.05, 3.63) is 0 Å². The largest absolute Gasteiger partial charge is 0.229 e. The van der Waals surface area contributed by atoms with Gasteiger partial charge < -0.3 is 0 Å². The molecule has 1 unspecified atom stereocenters. The SMILES string of the molecule is CCCCCCCCC(CC)C([O])(CCCCCCCC)CCCCCCCC. The van der Waals surface area contributed by atoms with Crippen molar-refractivity contribution in [3.63, 3.8) is 0 Å². The Morgan fingerprint density at radius 1 is 0.483 bits per heavy atom. The summed E-state index contributed by atoms with van der Waals surface area (Å²) in [5.74, 6) is 0.403. The van der Waals surface area contributed by atoms with Crippen LogP contribution in [0.5, 0.6) is 0 Å². The van der Waals surface area contributed by atoms with Crippen LogP contribution >= 0.6 is 0 Å². The molecule has 0 aliphatic rings. The molecule has 1 radical (unpaired) electrons. The highest BCUT2D eigenvalue weighted by molar-refractivity contribution is 4.86. The summed E-state index contributed by atoms with van der Waals surface area (Å²) in [4.78, 5) is 0. The van der Waals surface area contributed by atoms with Gasteiger partial charge >= 0.3 is 0 Å². The topological polar surface area (TPSA) is 19.9 Å². The average Bonchev–Trinajstić information content (AvgIpc) is 2.72. The minimum atomic E-state index is -0.645. The van der Waals surface area contributed by atoms with Crippen molar-refractivity contribution in [2.75, 3.05) is 0 Å². The molecule has 0 saturated heterocycles. The van der Waals surface area contributed by atoms with Gasteiger partial charge in [-0.2, -0.15) is 0 Å². The van der Waals surface area contributed by atoms with Crippen LogP contribution in [-0.4, -0.2) is 5.60 Å². The Hall–Kier alpha value is -0.0400. The smallest absolute Gasteiger partial charge is 0.106 e. The predicted molar refractivity (Wildman–Crippen MR) is 131 cm³/mol. The molecule has 0 rings (SSSR count). The van der Waals surface area contributed by atoms with Gasteiger partial charge in [0, 0.05) is 0 Å². The summed E-state index contributed by atoms with van der Waals surface area (Å²) in [5.41, 5.74) is -0.645. The summed E-state index contributed by atoms with van der Waals surface area (Å²) >= 11 is 0. The maximum Gasteiger partial charge on any atom is 0.106 e. The summed E-state index contributed by atoms with van der Waals surface area (Å²) in [5, 5.41) is 14.0. The van der Waals surface area contributed by atoms with E-state index in [9.17, 15) is 5.11 Å². The zero-order valence-electron chi connectivity index (χ0n) is 21.0. The molecule has 0 aromatic heterocycles. The number of hydrogen-bond acceptors (Lipinski definition) is 0. The van der Waals surface area contributed by atoms with Crippen molar-refractivity contribution in [2.45, 2.75) is 175 Å². The van der Waals surface area contributed by atoms with E-state index in [-0.39, 0.29) is 0 Å². The molecule has 0 amide bonds. The van der Waals surface area contributed by atoms with Gasteiger partial charge in [-0.1, -0.05) is 150 Å². The van der Waals surface area contributed by atoms with E-state index < -0.39 is 5.60 Å². The van der Waals surface area contributed by atoms with Crippen molar-refractivity contribution in [2.24, 2.45) is 5.92 Å². The third kappa shape index (κ3) is 16.3. The summed E-state index contributed by atoms with van der Waals surface area (Å²) in [6, 6.07) is 0. The first-order valence-corrected chi connectivity index (χ1v) is 13.8. The highest BCUT2D eigenvalue weighted by atomic mass is 16.3. The molecule has 0 fully saturated rings. The quantitative estimate of drug-likeness (QED) is 0.149. The summed E-state index contributed by atoms with van der Waals surface area (Å²) < 4.78 is 0. The Balaban J connectivity index is 4.45. The molecule has 0 N–H and O–H groups in total. The van der Waals surface area contributed by atoms with E-state index in [2.05, 4.69) is 27.7 Å². The first kappa shape index (κ1) is 29.0. The van der Waals surface area contributed by atoms with E-state index in [1.54, 1.807) is 0 Å². The van der Waals surface area contributed by atoms with Gasteiger partial charge in [-0.15, -0.1) is 0 Å². The van der Waals surface area contributed by atoms with Crippen LogP contribution in [0.3, 0.4) is 0 Å². The van der Waals surface area contributed by atoms with Crippen LogP contribution in [0.2, 0.25) is 0 Å². The fourth-order valence-electron chi connectivity index (χ4n) is 4.95. The molecule has 1 atom stereocenters. The molecule has 0 aliphatic heterocycles. The third-order valence-electron chi connectivity index (χ3n) is 7.05. The normalized spacial score (nSPS) is 13.1. The molecule has 0 aromatic carbocycles. The summed E-state index contributed by atoms with van der Waals surface area (Å²) in [7, 11) is 0. The molecular weight excluding hydrogens is 352 g/mol. The van der Waals surface area contributed by atoms with Crippen molar-refractivity contribution in [3.8, 4) is 0 Å². The maximum absolute atomic E-state index is 14.0. The third-order valence-corrected chi connectivity index (χ3v) is 7.05. The second-order valence-corrected chi connectivity index (χ2v) is 9.76. The Bertz CT molecular complexity index is 295. The van der Waals surface area contributed by atoms with Gasteiger partial charge in [-0.25, -0.2) is 5.11 Å². The Morgan fingerprint density at radius 3 is 1.21 bits per heavy atom. The fraction of sp³-hybridized carbons (Fsp3) is 1.00. The van der Waals surface area contributed by atoms with Gasteiger partial charge in [0.1, 0.15) is 5.60 Å². The van der Waals surface area contributed by atoms with Gasteiger partial charge in [-0.3, -0.25) is 0 Å². The molecule has 175 valence electrons. The highest BCUT2D eigenvalue weighted by Crippen LogP contribution is 2.36. The van der Waals surface area contributed by atoms with E-state index in [0.717, 1.165) is 32.1 Å². The molecule has 0 spiro atoms. The second-order valence-electron chi connectivity index (χ2n) is 9.76. The van der Waals surface area contributed by atoms with Gasteiger partial charge in [0.25, 0.3) is 0 Å². The van der Waals surface area contributed by atoms with Crippen LogP contribution in [0.1, 0.15) is 169 Å². The number of unbranched alkanes of at least 4 members (excludes halogenated alkanes) is 15. The summed E-state index contributed by atoms with van der Waals surface area (Å²) in [6.07, 6.45) is 27.7. The van der Waals surface area contributed by atoms with E-state index in [0.29, 0.717) is 5.92 Å². The van der Waals surface area contributed by atoms with E-state index in [4.69, 9.17) is 0 Å². The van der Waals surface area contributed by atoms with E-state index >= 15 is 0 Å². The van der Waals surface area contributed by atoms with Crippen molar-refractivity contribution in [1.82, 2.24) is 0 Å². The monoisotopic (exact) mass is 409 g/mol. The Labute approximate surface area is 185 Å². The zero-order valence-corrected chi connectivity index (χ0v) is 21.0. The summed E-state index contributed by atoms with van der Waals surface area (Å²) in [6.45, 7) is 9.11. The Morgan fingerprint density at radius 2 is 0.828 bits per heavy atom. The molecule has 0 saturated carbocycles. The minimum absolute atomic E-state index is 0.403. The molecule has 1 heteroatoms. The van der Waals surface area contributed by atoms with E-state index in [1.165, 1.54) is 109 Å². The minimum Gasteiger partial charge on any atom is -0.229 e. The first-order valence-electron chi connectivity index (χ1n) is 13.8. The lowest BCUT2D eigenvalue weighted by Gasteiger charge is -2.34. The van der Waals surface area contributed by atoms with Gasteiger partial charge in [0.05, 0.1) is 0 Å². The van der Waals surface area contributed by atoms with Crippen LogP contribution < -0.4 is 0 Å². The van der Waals surface area contributed by atoms with Crippen LogP contribution in [0.25, 0.3) is 0 Å². The molecule has 0 aromatic rings.